The van der Waals surface area contributed by atoms with Crippen molar-refractivity contribution >= 4 is 28.4 Å². The molecule has 31 heavy (non-hydrogen) atoms. The van der Waals surface area contributed by atoms with E-state index in [-0.39, 0.29) is 18.5 Å². The molecule has 2 amide bonds. The van der Waals surface area contributed by atoms with Gasteiger partial charge in [0, 0.05) is 36.7 Å². The van der Waals surface area contributed by atoms with Gasteiger partial charge >= 0.3 is 0 Å². The minimum Gasteiger partial charge on any atom is -0.369 e. The molecule has 3 aromatic rings. The molecule has 4 rings (SSSR count). The number of nitrogens with one attached hydrogen (secondary N) is 2. The molecule has 3 N–H and O–H groups in total. The number of aromatic nitrogens is 2. The summed E-state index contributed by atoms with van der Waals surface area (Å²) >= 11 is 0. The summed E-state index contributed by atoms with van der Waals surface area (Å²) < 4.78 is 0. The van der Waals surface area contributed by atoms with Gasteiger partial charge in [0.15, 0.2) is 5.69 Å². The third-order valence-electron chi connectivity index (χ3n) is 5.17. The first-order chi connectivity index (χ1) is 14.9. The molecule has 1 atom stereocenters. The number of hydrogen-bond acceptors (Lipinski definition) is 5. The average molecular weight is 413 g/mol. The van der Waals surface area contributed by atoms with Crippen LogP contribution in [0.2, 0.25) is 0 Å². The third kappa shape index (κ3) is 3.97. The summed E-state index contributed by atoms with van der Waals surface area (Å²) in [4.78, 5) is 26.3. The summed E-state index contributed by atoms with van der Waals surface area (Å²) in [5.41, 5.74) is 1.10. The van der Waals surface area contributed by atoms with E-state index in [1.165, 1.54) is 4.90 Å². The Labute approximate surface area is 178 Å². The Morgan fingerprint density at radius 2 is 2.19 bits per heavy atom. The number of rotatable bonds is 3. The number of benzene rings is 2. The number of hydrogen-bond donors (Lipinski definition) is 3. The Morgan fingerprint density at radius 3 is 2.94 bits per heavy atom. The van der Waals surface area contributed by atoms with Crippen molar-refractivity contribution in [1.82, 2.24) is 15.1 Å². The van der Waals surface area contributed by atoms with Gasteiger partial charge in [-0.15, -0.1) is 0 Å². The number of fused-ring (bicyclic) bond motifs is 1. The van der Waals surface area contributed by atoms with Crippen molar-refractivity contribution in [2.75, 3.05) is 18.9 Å². The lowest BCUT2D eigenvalue weighted by Gasteiger charge is -2.13. The second-order valence-corrected chi connectivity index (χ2v) is 7.41. The van der Waals surface area contributed by atoms with Gasteiger partial charge < -0.3 is 15.3 Å². The van der Waals surface area contributed by atoms with Crippen LogP contribution in [0.15, 0.2) is 42.5 Å². The Morgan fingerprint density at radius 1 is 1.35 bits per heavy atom. The molecule has 0 saturated carbocycles. The maximum Gasteiger partial charge on any atom is 0.276 e. The fourth-order valence-electron chi connectivity index (χ4n) is 3.45. The fraction of sp³-hybridized carbons (Fsp3) is 0.217. The molecule has 8 heteroatoms. The van der Waals surface area contributed by atoms with Crippen LogP contribution in [0.3, 0.4) is 0 Å². The molecular weight excluding hydrogens is 394 g/mol. The van der Waals surface area contributed by atoms with E-state index in [2.05, 4.69) is 33.4 Å². The van der Waals surface area contributed by atoms with Crippen LogP contribution in [-0.4, -0.2) is 51.2 Å². The van der Waals surface area contributed by atoms with Crippen LogP contribution < -0.4 is 5.32 Å². The molecule has 1 saturated heterocycles. The van der Waals surface area contributed by atoms with Crippen molar-refractivity contribution in [3.8, 4) is 17.9 Å². The van der Waals surface area contributed by atoms with Crippen molar-refractivity contribution < 1.29 is 14.7 Å². The highest BCUT2D eigenvalue weighted by atomic mass is 16.3. The third-order valence-corrected chi connectivity index (χ3v) is 5.17. The largest absolute Gasteiger partial charge is 0.369 e. The predicted octanol–water partition coefficient (Wildman–Crippen LogP) is 1.83. The zero-order valence-electron chi connectivity index (χ0n) is 16.8. The number of carbonyl (C=O) groups is 2. The van der Waals surface area contributed by atoms with Crippen LogP contribution in [-0.2, 0) is 11.2 Å². The summed E-state index contributed by atoms with van der Waals surface area (Å²) in [7, 11) is 1.63. The minimum absolute atomic E-state index is 0.222. The number of likely N-dealkylation sites (tertiary alicyclic amines) is 1. The summed E-state index contributed by atoms with van der Waals surface area (Å²) in [6.07, 6.45) is 0.499. The van der Waals surface area contributed by atoms with Crippen LogP contribution in [0.25, 0.3) is 10.9 Å². The summed E-state index contributed by atoms with van der Waals surface area (Å²) in [6.45, 7) is 0.452. The van der Waals surface area contributed by atoms with Crippen molar-refractivity contribution in [3.63, 3.8) is 0 Å². The normalized spacial score (nSPS) is 17.8. The van der Waals surface area contributed by atoms with Crippen molar-refractivity contribution in [1.29, 1.82) is 5.26 Å². The average Bonchev–Trinajstić information content (AvgIpc) is 3.30. The second-order valence-electron chi connectivity index (χ2n) is 7.41. The molecule has 1 aliphatic rings. The highest BCUT2D eigenvalue weighted by molar-refractivity contribution is 6.11. The van der Waals surface area contributed by atoms with Gasteiger partial charge in [-0.3, -0.25) is 14.7 Å². The van der Waals surface area contributed by atoms with Crippen molar-refractivity contribution in [2.45, 2.75) is 18.4 Å². The monoisotopic (exact) mass is 413 g/mol. The topological polar surface area (TPSA) is 122 Å². The maximum atomic E-state index is 12.8. The molecule has 0 spiro atoms. The summed E-state index contributed by atoms with van der Waals surface area (Å²) in [5, 5.41) is 29.7. The van der Waals surface area contributed by atoms with E-state index in [4.69, 9.17) is 5.26 Å². The zero-order chi connectivity index (χ0) is 22.0. The van der Waals surface area contributed by atoms with Crippen LogP contribution in [0.1, 0.15) is 28.0 Å². The smallest absolute Gasteiger partial charge is 0.276 e. The Hall–Kier alpha value is -4.14. The number of aliphatic hydroxyl groups is 1. The minimum atomic E-state index is -1.68. The molecule has 1 aliphatic heterocycles. The van der Waals surface area contributed by atoms with Gasteiger partial charge in [-0.2, -0.15) is 10.4 Å². The number of nitriles is 1. The first-order valence-electron chi connectivity index (χ1n) is 9.66. The first kappa shape index (κ1) is 20.1. The predicted molar refractivity (Wildman–Crippen MR) is 114 cm³/mol. The van der Waals surface area contributed by atoms with Gasteiger partial charge in [0.05, 0.1) is 18.0 Å². The Kier molecular flexibility index (Phi) is 5.16. The number of likely N-dealkylation sites (N-methyl/N-ethyl adjacent to an activating group) is 1. The summed E-state index contributed by atoms with van der Waals surface area (Å²) in [5.74, 6) is 4.67. The van der Waals surface area contributed by atoms with E-state index in [1.807, 2.05) is 6.07 Å². The van der Waals surface area contributed by atoms with Crippen LogP contribution in [0, 0.1) is 23.2 Å². The molecule has 0 aliphatic carbocycles. The second kappa shape index (κ2) is 7.94. The lowest BCUT2D eigenvalue weighted by molar-refractivity contribution is -0.137. The van der Waals surface area contributed by atoms with Gasteiger partial charge in [-0.1, -0.05) is 24.0 Å². The standard InChI is InChI=1S/C23H19N5O3/c1-28-12-10-23(31,22(28)30)9-7-15-3-2-4-17(13-15)25-21(29)20-18-14-16(8-11-24)5-6-19(18)26-27-20/h2-6,13-14,31H,8,10,12H2,1H3,(H,25,29)(H,26,27)/t23-/m0/s1. The molecular formula is C23H19N5O3. The molecule has 8 nitrogen and oxygen atoms in total. The van der Waals surface area contributed by atoms with Gasteiger partial charge in [-0.05, 0) is 35.9 Å². The molecule has 1 fully saturated rings. The SMILES string of the molecule is CN1CC[C@@](O)(C#Cc2cccc(NC(=O)c3n[nH]c4ccc(CC#N)cc34)c2)C1=O. The number of anilines is 1. The fourth-order valence-corrected chi connectivity index (χ4v) is 3.45. The number of nitrogens with zero attached hydrogens (tertiary/aromatic N) is 3. The molecule has 2 heterocycles. The van der Waals surface area contributed by atoms with Gasteiger partial charge in [0.2, 0.25) is 5.60 Å². The Balaban J connectivity index is 1.55. The lowest BCUT2D eigenvalue weighted by Crippen LogP contribution is -2.37. The molecule has 154 valence electrons. The van der Waals surface area contributed by atoms with Gasteiger partial charge in [0.1, 0.15) is 0 Å². The van der Waals surface area contributed by atoms with E-state index in [0.29, 0.717) is 28.7 Å². The van der Waals surface area contributed by atoms with E-state index < -0.39 is 17.4 Å². The zero-order valence-corrected chi connectivity index (χ0v) is 16.8. The van der Waals surface area contributed by atoms with Crippen LogP contribution in [0.4, 0.5) is 5.69 Å². The van der Waals surface area contributed by atoms with E-state index >= 15 is 0 Å². The molecule has 0 unspecified atom stereocenters. The first-order valence-corrected chi connectivity index (χ1v) is 9.66. The quantitative estimate of drug-likeness (QED) is 0.566. The van der Waals surface area contributed by atoms with Crippen molar-refractivity contribution in [3.05, 3.63) is 59.3 Å². The number of H-pyrrole nitrogens is 1. The molecule has 1 aromatic heterocycles. The van der Waals surface area contributed by atoms with Crippen molar-refractivity contribution in [2.24, 2.45) is 0 Å². The van der Waals surface area contributed by atoms with E-state index in [9.17, 15) is 14.7 Å². The van der Waals surface area contributed by atoms with E-state index in [1.54, 1.807) is 43.4 Å². The highest BCUT2D eigenvalue weighted by Crippen LogP contribution is 2.22. The number of amides is 2. The number of aromatic amines is 1. The van der Waals surface area contributed by atoms with Crippen LogP contribution >= 0.6 is 0 Å². The summed E-state index contributed by atoms with van der Waals surface area (Å²) in [6, 6.07) is 14.3. The van der Waals surface area contributed by atoms with Gasteiger partial charge in [-0.25, -0.2) is 0 Å². The molecule has 2 aromatic carbocycles. The molecule has 0 bridgehead atoms. The van der Waals surface area contributed by atoms with Gasteiger partial charge in [0.25, 0.3) is 11.8 Å². The number of carbonyl (C=O) groups excluding carboxylic acids is 2. The lowest BCUT2D eigenvalue weighted by atomic mass is 10.0. The van der Waals surface area contributed by atoms with Crippen LogP contribution in [0.5, 0.6) is 0 Å². The highest BCUT2D eigenvalue weighted by Gasteiger charge is 2.42. The molecule has 0 radical (unpaired) electrons. The Bertz CT molecular complexity index is 1290. The van der Waals surface area contributed by atoms with E-state index in [0.717, 1.165) is 5.56 Å². The maximum absolute atomic E-state index is 12.8.